The minimum Gasteiger partial charge on any atom is -0.358 e. The lowest BCUT2D eigenvalue weighted by molar-refractivity contribution is -0.392. The van der Waals surface area contributed by atoms with Crippen LogP contribution in [0.3, 0.4) is 0 Å². The molecular formula is C7H9Cl2N3O2. The third-order valence-electron chi connectivity index (χ3n) is 1.77. The van der Waals surface area contributed by atoms with Crippen molar-refractivity contribution in [3.05, 3.63) is 22.1 Å². The summed E-state index contributed by atoms with van der Waals surface area (Å²) in [6, 6.07) is 0. The molecule has 1 atom stereocenters. The molecule has 1 rings (SSSR count). The molecule has 0 radical (unpaired) electrons. The van der Waals surface area contributed by atoms with Crippen LogP contribution in [0.5, 0.6) is 0 Å². The van der Waals surface area contributed by atoms with E-state index in [-0.39, 0.29) is 17.1 Å². The highest BCUT2D eigenvalue weighted by Gasteiger charge is 2.19. The molecule has 0 aliphatic heterocycles. The molecule has 0 aromatic carbocycles. The molecule has 0 aliphatic rings. The fourth-order valence-corrected chi connectivity index (χ4v) is 1.31. The largest absolute Gasteiger partial charge is 0.358 e. The molecule has 14 heavy (non-hydrogen) atoms. The molecule has 0 aliphatic carbocycles. The summed E-state index contributed by atoms with van der Waals surface area (Å²) in [5.41, 5.74) is 0. The molecule has 0 fully saturated rings. The normalized spacial score (nSPS) is 12.8. The summed E-state index contributed by atoms with van der Waals surface area (Å²) in [6.07, 6.45) is 1.22. The van der Waals surface area contributed by atoms with Gasteiger partial charge in [0.1, 0.15) is 12.7 Å². The van der Waals surface area contributed by atoms with E-state index in [1.54, 1.807) is 6.92 Å². The Balaban J connectivity index is 2.93. The highest BCUT2D eigenvalue weighted by Crippen LogP contribution is 2.16. The van der Waals surface area contributed by atoms with Gasteiger partial charge in [0.25, 0.3) is 0 Å². The molecule has 1 heterocycles. The number of aryl methyl sites for hydroxylation is 1. The van der Waals surface area contributed by atoms with Gasteiger partial charge in [-0.15, -0.1) is 23.2 Å². The van der Waals surface area contributed by atoms with E-state index in [1.807, 2.05) is 0 Å². The molecule has 5 nitrogen and oxygen atoms in total. The molecule has 1 unspecified atom stereocenters. The molecule has 0 saturated heterocycles. The Kier molecular flexibility index (Phi) is 3.71. The summed E-state index contributed by atoms with van der Waals surface area (Å²) in [5.74, 6) is 0.752. The second-order valence-corrected chi connectivity index (χ2v) is 3.71. The Labute approximate surface area is 90.8 Å². The van der Waals surface area contributed by atoms with E-state index in [9.17, 15) is 10.1 Å². The number of hydrogen-bond donors (Lipinski definition) is 0. The third kappa shape index (κ3) is 2.36. The monoisotopic (exact) mass is 237 g/mol. The zero-order valence-electron chi connectivity index (χ0n) is 7.48. The van der Waals surface area contributed by atoms with Gasteiger partial charge in [-0.05, 0) is 4.92 Å². The summed E-state index contributed by atoms with van der Waals surface area (Å²) < 4.78 is 1.44. The molecule has 1 aromatic heterocycles. The number of aromatic nitrogens is 2. The Morgan fingerprint density at radius 3 is 2.93 bits per heavy atom. The fourth-order valence-electron chi connectivity index (χ4n) is 1.07. The Hall–Kier alpha value is -0.810. The van der Waals surface area contributed by atoms with Gasteiger partial charge in [-0.2, -0.15) is 0 Å². The lowest BCUT2D eigenvalue weighted by atomic mass is 10.4. The average molecular weight is 238 g/mol. The summed E-state index contributed by atoms with van der Waals surface area (Å²) in [6.45, 7) is 1.98. The van der Waals surface area contributed by atoms with E-state index in [0.29, 0.717) is 12.4 Å². The number of rotatable bonds is 4. The molecular weight excluding hydrogens is 229 g/mol. The van der Waals surface area contributed by atoms with E-state index >= 15 is 0 Å². The van der Waals surface area contributed by atoms with Crippen molar-refractivity contribution in [3.8, 4) is 0 Å². The number of halogens is 2. The van der Waals surface area contributed by atoms with Gasteiger partial charge in [0.15, 0.2) is 5.82 Å². The standard InChI is InChI=1S/C7H9Cl2N3O2/c1-5-10-3-7(12(13)14)11(5)4-6(9)2-8/h3,6H,2,4H2,1H3. The summed E-state index contributed by atoms with van der Waals surface area (Å²) in [7, 11) is 0. The van der Waals surface area contributed by atoms with Gasteiger partial charge >= 0.3 is 5.82 Å². The smallest absolute Gasteiger partial charge is 0.342 e. The first kappa shape index (κ1) is 11.3. The molecule has 0 spiro atoms. The average Bonchev–Trinajstić information content (AvgIpc) is 2.48. The first-order chi connectivity index (χ1) is 6.56. The molecule has 0 bridgehead atoms. The van der Waals surface area contributed by atoms with Crippen molar-refractivity contribution in [3.63, 3.8) is 0 Å². The molecule has 0 N–H and O–H groups in total. The van der Waals surface area contributed by atoms with Gasteiger partial charge in [0.2, 0.25) is 0 Å². The van der Waals surface area contributed by atoms with E-state index < -0.39 is 4.92 Å². The Bertz CT molecular complexity index is 340. The minimum atomic E-state index is -0.488. The zero-order valence-corrected chi connectivity index (χ0v) is 8.99. The van der Waals surface area contributed by atoms with E-state index in [0.717, 1.165) is 0 Å². The molecule has 1 aromatic rings. The zero-order chi connectivity index (χ0) is 10.7. The van der Waals surface area contributed by atoms with Crippen LogP contribution in [0.1, 0.15) is 5.82 Å². The molecule has 0 amide bonds. The number of nitrogens with zero attached hydrogens (tertiary/aromatic N) is 3. The molecule has 7 heteroatoms. The van der Waals surface area contributed by atoms with Crippen LogP contribution >= 0.6 is 23.2 Å². The van der Waals surface area contributed by atoms with Crippen LogP contribution < -0.4 is 0 Å². The van der Waals surface area contributed by atoms with E-state index in [4.69, 9.17) is 23.2 Å². The van der Waals surface area contributed by atoms with Crippen LogP contribution in [-0.4, -0.2) is 25.7 Å². The van der Waals surface area contributed by atoms with E-state index in [1.165, 1.54) is 10.8 Å². The highest BCUT2D eigenvalue weighted by atomic mass is 35.5. The lowest BCUT2D eigenvalue weighted by Gasteiger charge is -2.05. The van der Waals surface area contributed by atoms with Crippen molar-refractivity contribution in [1.29, 1.82) is 0 Å². The van der Waals surface area contributed by atoms with Gasteiger partial charge in [-0.1, -0.05) is 0 Å². The van der Waals surface area contributed by atoms with E-state index in [2.05, 4.69) is 4.98 Å². The van der Waals surface area contributed by atoms with Crippen LogP contribution in [0, 0.1) is 17.0 Å². The predicted molar refractivity (Wildman–Crippen MR) is 54.0 cm³/mol. The van der Waals surface area contributed by atoms with Gasteiger partial charge in [-0.3, -0.25) is 0 Å². The van der Waals surface area contributed by atoms with Gasteiger partial charge in [-0.25, -0.2) is 9.55 Å². The summed E-state index contributed by atoms with van der Waals surface area (Å²) >= 11 is 11.3. The number of hydrogen-bond acceptors (Lipinski definition) is 3. The fraction of sp³-hybridized carbons (Fsp3) is 0.571. The topological polar surface area (TPSA) is 61.0 Å². The SMILES string of the molecule is Cc1ncc([N+](=O)[O-])n1CC(Cl)CCl. The second kappa shape index (κ2) is 4.61. The van der Waals surface area contributed by atoms with Crippen molar-refractivity contribution >= 4 is 29.0 Å². The number of nitro groups is 1. The minimum absolute atomic E-state index is 0.0572. The maximum Gasteiger partial charge on any atom is 0.342 e. The Morgan fingerprint density at radius 2 is 2.43 bits per heavy atom. The van der Waals surface area contributed by atoms with Crippen LogP contribution in [0.2, 0.25) is 0 Å². The van der Waals surface area contributed by atoms with Crippen LogP contribution in [0.25, 0.3) is 0 Å². The predicted octanol–water partition coefficient (Wildman–Crippen LogP) is 1.95. The van der Waals surface area contributed by atoms with Crippen molar-refractivity contribution < 1.29 is 4.92 Å². The summed E-state index contributed by atoms with van der Waals surface area (Å²) in [5, 5.41) is 10.2. The van der Waals surface area contributed by atoms with Crippen LogP contribution in [0.4, 0.5) is 5.82 Å². The van der Waals surface area contributed by atoms with Crippen LogP contribution in [-0.2, 0) is 6.54 Å². The number of alkyl halides is 2. The maximum absolute atomic E-state index is 10.6. The van der Waals surface area contributed by atoms with Crippen molar-refractivity contribution in [2.45, 2.75) is 18.8 Å². The highest BCUT2D eigenvalue weighted by molar-refractivity contribution is 6.28. The molecule has 0 saturated carbocycles. The van der Waals surface area contributed by atoms with Crippen LogP contribution in [0.15, 0.2) is 6.20 Å². The molecule has 78 valence electrons. The van der Waals surface area contributed by atoms with Crippen molar-refractivity contribution in [2.75, 3.05) is 5.88 Å². The van der Waals surface area contributed by atoms with Gasteiger partial charge < -0.3 is 10.1 Å². The Morgan fingerprint density at radius 1 is 1.79 bits per heavy atom. The first-order valence-electron chi connectivity index (χ1n) is 3.92. The summed E-state index contributed by atoms with van der Waals surface area (Å²) in [4.78, 5) is 13.9. The third-order valence-corrected chi connectivity index (χ3v) is 2.59. The number of imidazole rings is 1. The maximum atomic E-state index is 10.6. The quantitative estimate of drug-likeness (QED) is 0.457. The lowest BCUT2D eigenvalue weighted by Crippen LogP contribution is -2.14. The van der Waals surface area contributed by atoms with Crippen molar-refractivity contribution in [1.82, 2.24) is 9.55 Å². The van der Waals surface area contributed by atoms with Gasteiger partial charge in [0, 0.05) is 12.8 Å². The van der Waals surface area contributed by atoms with Gasteiger partial charge in [0.05, 0.1) is 5.38 Å². The van der Waals surface area contributed by atoms with Crippen molar-refractivity contribution in [2.24, 2.45) is 0 Å². The second-order valence-electron chi connectivity index (χ2n) is 2.78. The first-order valence-corrected chi connectivity index (χ1v) is 4.90.